The zero-order valence-electron chi connectivity index (χ0n) is 11.0. The molecule has 0 atom stereocenters. The van der Waals surface area contributed by atoms with E-state index in [0.717, 1.165) is 28.9 Å². The van der Waals surface area contributed by atoms with Crippen LogP contribution in [0.2, 0.25) is 0 Å². The molecule has 2 heterocycles. The lowest BCUT2D eigenvalue weighted by molar-refractivity contribution is -0.137. The lowest BCUT2D eigenvalue weighted by Crippen LogP contribution is -2.24. The molecule has 0 unspecified atom stereocenters. The van der Waals surface area contributed by atoms with Crippen LogP contribution >= 0.6 is 23.1 Å². The van der Waals surface area contributed by atoms with Gasteiger partial charge >= 0.3 is 6.18 Å². The van der Waals surface area contributed by atoms with E-state index in [1.54, 1.807) is 0 Å². The Bertz CT molecular complexity index is 581. The molecular weight excluding hydrogens is 307 g/mol. The summed E-state index contributed by atoms with van der Waals surface area (Å²) in [6, 6.07) is 1.53. The van der Waals surface area contributed by atoms with Gasteiger partial charge in [0.2, 0.25) is 0 Å². The first kappa shape index (κ1) is 15.5. The number of pyridine rings is 1. The second-order valence-corrected chi connectivity index (χ2v) is 6.85. The van der Waals surface area contributed by atoms with Gasteiger partial charge in [-0.05, 0) is 6.07 Å². The van der Waals surface area contributed by atoms with Gasteiger partial charge in [0.25, 0.3) is 0 Å². The third-order valence-corrected chi connectivity index (χ3v) is 4.57. The molecule has 8 heteroatoms. The number of alkyl halides is 3. The van der Waals surface area contributed by atoms with Crippen LogP contribution in [0.1, 0.15) is 19.4 Å². The molecule has 0 saturated carbocycles. The van der Waals surface area contributed by atoms with Crippen LogP contribution in [0.25, 0.3) is 10.3 Å². The quantitative estimate of drug-likeness (QED) is 0.671. The standard InChI is InChI=1S/C12H14F3N3S2/c1-7(2)16-3-4-19-11-18-10-9(20-11)5-8(6-17-10)12(13,14)15/h5-7,16H,3-4H2,1-2H3. The molecule has 0 bridgehead atoms. The molecule has 3 nitrogen and oxygen atoms in total. The maximum Gasteiger partial charge on any atom is 0.417 e. The molecule has 2 rings (SSSR count). The predicted octanol–water partition coefficient (Wildman–Crippen LogP) is 3.80. The predicted molar refractivity (Wildman–Crippen MR) is 76.3 cm³/mol. The molecule has 0 aliphatic heterocycles. The van der Waals surface area contributed by atoms with Crippen LogP contribution in [0.4, 0.5) is 13.2 Å². The smallest absolute Gasteiger partial charge is 0.314 e. The van der Waals surface area contributed by atoms with Crippen molar-refractivity contribution in [3.05, 3.63) is 17.8 Å². The Labute approximate surface area is 123 Å². The summed E-state index contributed by atoms with van der Waals surface area (Å²) in [6.45, 7) is 4.95. The number of thioether (sulfide) groups is 1. The molecule has 0 aromatic carbocycles. The zero-order valence-corrected chi connectivity index (χ0v) is 12.6. The van der Waals surface area contributed by atoms with Crippen molar-refractivity contribution in [2.75, 3.05) is 12.3 Å². The average molecular weight is 321 g/mol. The van der Waals surface area contributed by atoms with E-state index < -0.39 is 11.7 Å². The van der Waals surface area contributed by atoms with Crippen LogP contribution in [0.5, 0.6) is 0 Å². The molecule has 0 amide bonds. The van der Waals surface area contributed by atoms with E-state index in [9.17, 15) is 13.2 Å². The molecule has 2 aromatic heterocycles. The molecule has 0 fully saturated rings. The summed E-state index contributed by atoms with van der Waals surface area (Å²) in [5.41, 5.74) is -0.353. The normalized spacial score (nSPS) is 12.5. The Hall–Kier alpha value is -0.860. The van der Waals surface area contributed by atoms with E-state index in [-0.39, 0.29) is 0 Å². The summed E-state index contributed by atoms with van der Waals surface area (Å²) in [5.74, 6) is 0.824. The number of rotatable bonds is 5. The van der Waals surface area contributed by atoms with Gasteiger partial charge in [0.1, 0.15) is 0 Å². The molecule has 0 saturated heterocycles. The second-order valence-electron chi connectivity index (χ2n) is 4.48. The topological polar surface area (TPSA) is 37.8 Å². The maximum absolute atomic E-state index is 12.6. The van der Waals surface area contributed by atoms with Gasteiger partial charge < -0.3 is 5.32 Å². The van der Waals surface area contributed by atoms with Crippen LogP contribution in [0.3, 0.4) is 0 Å². The number of halogens is 3. The highest BCUT2D eigenvalue weighted by Crippen LogP contribution is 2.34. The van der Waals surface area contributed by atoms with Gasteiger partial charge in [0.05, 0.1) is 10.3 Å². The van der Waals surface area contributed by atoms with Crippen molar-refractivity contribution in [2.24, 2.45) is 0 Å². The highest BCUT2D eigenvalue weighted by Gasteiger charge is 2.31. The first-order chi connectivity index (χ1) is 9.36. The molecule has 0 aliphatic carbocycles. The second kappa shape index (κ2) is 6.28. The van der Waals surface area contributed by atoms with Gasteiger partial charge in [-0.15, -0.1) is 11.3 Å². The monoisotopic (exact) mass is 321 g/mol. The Kier molecular flexibility index (Phi) is 4.87. The van der Waals surface area contributed by atoms with Gasteiger partial charge in [-0.1, -0.05) is 25.6 Å². The number of nitrogens with zero attached hydrogens (tertiary/aromatic N) is 2. The van der Waals surface area contributed by atoms with Gasteiger partial charge in [0.15, 0.2) is 9.99 Å². The van der Waals surface area contributed by atoms with Crippen molar-refractivity contribution < 1.29 is 13.2 Å². The Morgan fingerprint density at radius 3 is 2.80 bits per heavy atom. The van der Waals surface area contributed by atoms with Crippen molar-refractivity contribution in [3.63, 3.8) is 0 Å². The third kappa shape index (κ3) is 4.07. The summed E-state index contributed by atoms with van der Waals surface area (Å²) in [4.78, 5) is 8.00. The molecule has 0 radical (unpaired) electrons. The lowest BCUT2D eigenvalue weighted by Gasteiger charge is -2.05. The average Bonchev–Trinajstić information content (AvgIpc) is 2.74. The molecular formula is C12H14F3N3S2. The van der Waals surface area contributed by atoms with Gasteiger partial charge in [0, 0.05) is 24.5 Å². The third-order valence-electron chi connectivity index (χ3n) is 2.43. The minimum absolute atomic E-state index is 0.377. The van der Waals surface area contributed by atoms with Crippen molar-refractivity contribution in [1.29, 1.82) is 0 Å². The fraction of sp³-hybridized carbons (Fsp3) is 0.500. The largest absolute Gasteiger partial charge is 0.417 e. The number of hydrogen-bond acceptors (Lipinski definition) is 5. The lowest BCUT2D eigenvalue weighted by atomic mass is 10.3. The number of hydrogen-bond donors (Lipinski definition) is 1. The first-order valence-corrected chi connectivity index (χ1v) is 7.86. The van der Waals surface area contributed by atoms with Crippen LogP contribution in [0, 0.1) is 0 Å². The Balaban J connectivity index is 2.06. The van der Waals surface area contributed by atoms with Crippen molar-refractivity contribution in [1.82, 2.24) is 15.3 Å². The van der Waals surface area contributed by atoms with E-state index >= 15 is 0 Å². The Morgan fingerprint density at radius 2 is 2.15 bits per heavy atom. The summed E-state index contributed by atoms with van der Waals surface area (Å²) >= 11 is 2.77. The minimum Gasteiger partial charge on any atom is -0.314 e. The van der Waals surface area contributed by atoms with Gasteiger partial charge in [-0.25, -0.2) is 9.97 Å². The molecule has 0 spiro atoms. The van der Waals surface area contributed by atoms with E-state index in [0.29, 0.717) is 16.4 Å². The van der Waals surface area contributed by atoms with Crippen LogP contribution in [-0.4, -0.2) is 28.3 Å². The minimum atomic E-state index is -4.36. The summed E-state index contributed by atoms with van der Waals surface area (Å²) in [6.07, 6.45) is -3.53. The summed E-state index contributed by atoms with van der Waals surface area (Å²) in [5, 5.41) is 3.27. The highest BCUT2D eigenvalue weighted by molar-refractivity contribution is 8.01. The number of nitrogens with one attached hydrogen (secondary N) is 1. The number of fused-ring (bicyclic) bond motifs is 1. The van der Waals surface area contributed by atoms with E-state index in [1.807, 2.05) is 0 Å². The zero-order chi connectivity index (χ0) is 14.8. The van der Waals surface area contributed by atoms with Crippen molar-refractivity contribution in [3.8, 4) is 0 Å². The molecule has 110 valence electrons. The molecule has 20 heavy (non-hydrogen) atoms. The summed E-state index contributed by atoms with van der Waals surface area (Å²) in [7, 11) is 0. The fourth-order valence-corrected chi connectivity index (χ4v) is 3.50. The fourth-order valence-electron chi connectivity index (χ4n) is 1.50. The molecule has 2 aromatic rings. The van der Waals surface area contributed by atoms with Crippen molar-refractivity contribution in [2.45, 2.75) is 30.4 Å². The number of aromatic nitrogens is 2. The SMILES string of the molecule is CC(C)NCCSc1nc2ncc(C(F)(F)F)cc2s1. The van der Waals surface area contributed by atoms with Crippen LogP contribution < -0.4 is 5.32 Å². The maximum atomic E-state index is 12.6. The van der Waals surface area contributed by atoms with Crippen LogP contribution in [0.15, 0.2) is 16.6 Å². The Morgan fingerprint density at radius 1 is 1.40 bits per heavy atom. The van der Waals surface area contributed by atoms with Gasteiger partial charge in [-0.3, -0.25) is 0 Å². The van der Waals surface area contributed by atoms with Gasteiger partial charge in [-0.2, -0.15) is 13.2 Å². The summed E-state index contributed by atoms with van der Waals surface area (Å²) < 4.78 is 39.0. The molecule has 1 N–H and O–H groups in total. The van der Waals surface area contributed by atoms with Crippen molar-refractivity contribution >= 4 is 33.4 Å². The van der Waals surface area contributed by atoms with E-state index in [4.69, 9.17) is 0 Å². The van der Waals surface area contributed by atoms with E-state index in [2.05, 4.69) is 29.1 Å². The highest BCUT2D eigenvalue weighted by atomic mass is 32.2. The molecule has 0 aliphatic rings. The number of thiazole rings is 1. The van der Waals surface area contributed by atoms with Crippen LogP contribution in [-0.2, 0) is 6.18 Å². The first-order valence-electron chi connectivity index (χ1n) is 6.06. The van der Waals surface area contributed by atoms with E-state index in [1.165, 1.54) is 23.1 Å².